The van der Waals surface area contributed by atoms with Crippen LogP contribution in [-0.2, 0) is 37.3 Å². The van der Waals surface area contributed by atoms with Gasteiger partial charge in [-0.1, -0.05) is 52.6 Å². The van der Waals surface area contributed by atoms with Gasteiger partial charge < -0.3 is 0 Å². The molecule has 0 nitrogen and oxygen atoms in total. The molecule has 1 radical (unpaired) electrons. The molecule has 0 atom stereocenters. The van der Waals surface area contributed by atoms with Crippen molar-refractivity contribution in [2.24, 2.45) is 0 Å². The average Bonchev–Trinajstić information content (AvgIpc) is 3.16. The van der Waals surface area contributed by atoms with Gasteiger partial charge in [0.2, 0.25) is 0 Å². The topological polar surface area (TPSA) is 0 Å². The summed E-state index contributed by atoms with van der Waals surface area (Å²) in [6.45, 7) is 8.82. The monoisotopic (exact) mass is 401 g/mol. The molecule has 0 saturated heterocycles. The van der Waals surface area contributed by atoms with Crippen molar-refractivity contribution in [2.45, 2.75) is 52.6 Å². The predicted molar refractivity (Wildman–Crippen MR) is 93.2 cm³/mol. The first-order valence-corrected chi connectivity index (χ1v) is 12.0. The quantitative estimate of drug-likeness (QED) is 0.430. The molecule has 2 aromatic rings. The van der Waals surface area contributed by atoms with E-state index in [1.807, 2.05) is 0 Å². The second-order valence-corrected chi connectivity index (χ2v) is 6.24. The summed E-state index contributed by atoms with van der Waals surface area (Å²) in [5.41, 5.74) is 2.93. The van der Waals surface area contributed by atoms with E-state index in [1.54, 1.807) is 0 Å². The van der Waals surface area contributed by atoms with Crippen molar-refractivity contribution in [1.29, 1.82) is 0 Å². The number of aryl methyl sites for hydroxylation is 2. The minimum atomic E-state index is -2.77. The van der Waals surface area contributed by atoms with Crippen LogP contribution in [0.4, 0.5) is 5.25 Å². The molecule has 0 spiro atoms. The van der Waals surface area contributed by atoms with Crippen LogP contribution in [0.5, 0.6) is 0 Å². The molecule has 4 heteroatoms. The van der Waals surface area contributed by atoms with Gasteiger partial charge in [-0.2, -0.15) is 47.5 Å². The van der Waals surface area contributed by atoms with E-state index in [1.165, 1.54) is 36.8 Å². The summed E-state index contributed by atoms with van der Waals surface area (Å²) >= 11 is -2.77. The van der Waals surface area contributed by atoms with Gasteiger partial charge in [-0.05, 0) is 0 Å². The molecule has 2 aromatic carbocycles. The molecular formula is C18H29F2SiZr. The van der Waals surface area contributed by atoms with Crippen LogP contribution in [0.2, 0.25) is 13.1 Å². The van der Waals surface area contributed by atoms with E-state index in [0.717, 1.165) is 9.52 Å². The summed E-state index contributed by atoms with van der Waals surface area (Å²) in [5, 5.41) is 0. The van der Waals surface area contributed by atoms with Gasteiger partial charge in [-0.15, -0.1) is 0 Å². The fourth-order valence-corrected chi connectivity index (χ4v) is 1.74. The van der Waals surface area contributed by atoms with Crippen LogP contribution in [0.15, 0.2) is 48.5 Å². The summed E-state index contributed by atoms with van der Waals surface area (Å²) in [4.78, 5) is 0. The molecule has 0 saturated carbocycles. The van der Waals surface area contributed by atoms with E-state index in [4.69, 9.17) is 0 Å². The summed E-state index contributed by atoms with van der Waals surface area (Å²) in [6.07, 6.45) is 4.97. The first kappa shape index (κ1) is 23.9. The summed E-state index contributed by atoms with van der Waals surface area (Å²) in [6, 6.07) is 17.0. The third kappa shape index (κ3) is 17.7. The van der Waals surface area contributed by atoms with Gasteiger partial charge in [-0.3, -0.25) is 0 Å². The van der Waals surface area contributed by atoms with Gasteiger partial charge in [0.25, 0.3) is 0 Å². The van der Waals surface area contributed by atoms with Crippen molar-refractivity contribution in [2.75, 3.05) is 0 Å². The van der Waals surface area contributed by atoms with Gasteiger partial charge >= 0.3 is 29.7 Å². The Bertz CT molecular complexity index is 333. The Balaban J connectivity index is 0. The van der Waals surface area contributed by atoms with E-state index < -0.39 is 24.5 Å². The first-order valence-electron chi connectivity index (χ1n) is 7.81. The summed E-state index contributed by atoms with van der Waals surface area (Å²) in [5.74, 6) is 0. The van der Waals surface area contributed by atoms with E-state index in [2.05, 4.69) is 75.5 Å². The Hall–Kier alpha value is -0.340. The van der Waals surface area contributed by atoms with Crippen LogP contribution in [0.1, 0.15) is 37.8 Å². The molecule has 0 unspecified atom stereocenters. The second-order valence-electron chi connectivity index (χ2n) is 4.74. The molecule has 0 amide bonds. The molecule has 0 aromatic heterocycles. The van der Waals surface area contributed by atoms with Gasteiger partial charge in [0.1, 0.15) is 0 Å². The van der Waals surface area contributed by atoms with E-state index >= 15 is 0 Å². The van der Waals surface area contributed by atoms with Crippen LogP contribution >= 0.6 is 0 Å². The molecule has 2 rings (SSSR count). The van der Waals surface area contributed by atoms with Crippen molar-refractivity contribution in [3.05, 3.63) is 59.7 Å². The van der Waals surface area contributed by atoms with Gasteiger partial charge in [0.05, 0.1) is 0 Å². The standard InChI is InChI=1S/2C8H11.C2H7Si.2FH.Zr/c2*1-2-5-8-6-3-4-7-8;1-3-2;;;/h2*3-4,6-7H,2,5H2,1H3;3H,1-2H3;2*1H;/q2*-1;;;;+4/p-2. The normalized spacial score (nSPS) is 8.27. The maximum absolute atomic E-state index is 9.80. The van der Waals surface area contributed by atoms with Crippen molar-refractivity contribution < 1.29 is 29.7 Å². The molecular weight excluding hydrogens is 374 g/mol. The zero-order valence-corrected chi connectivity index (χ0v) is 17.9. The number of rotatable bonds is 4. The minimum absolute atomic E-state index is 0.750. The van der Waals surface area contributed by atoms with Crippen molar-refractivity contribution in [3.8, 4) is 0 Å². The number of halogens is 2. The first-order chi connectivity index (χ1) is 10.7. The van der Waals surface area contributed by atoms with E-state index in [0.29, 0.717) is 0 Å². The van der Waals surface area contributed by atoms with Crippen LogP contribution in [0.3, 0.4) is 0 Å². The molecule has 0 aliphatic carbocycles. The van der Waals surface area contributed by atoms with Gasteiger partial charge in [0.15, 0.2) is 0 Å². The molecule has 123 valence electrons. The van der Waals surface area contributed by atoms with E-state index in [9.17, 15) is 5.25 Å². The fraction of sp³-hybridized carbons (Fsp3) is 0.444. The molecule has 0 aliphatic heterocycles. The van der Waals surface area contributed by atoms with Crippen LogP contribution < -0.4 is 0 Å². The number of hydrogen-bond donors (Lipinski definition) is 0. The zero-order chi connectivity index (χ0) is 17.1. The molecule has 0 bridgehead atoms. The Morgan fingerprint density at radius 2 is 1.23 bits per heavy atom. The third-order valence-corrected chi connectivity index (χ3v) is 2.54. The van der Waals surface area contributed by atoms with Crippen molar-refractivity contribution in [3.63, 3.8) is 0 Å². The molecule has 0 heterocycles. The molecule has 0 fully saturated rings. The van der Waals surface area contributed by atoms with Crippen LogP contribution in [-0.4, -0.2) is 9.52 Å². The molecule has 0 N–H and O–H groups in total. The average molecular weight is 403 g/mol. The number of hydrogen-bond acceptors (Lipinski definition) is 0. The van der Waals surface area contributed by atoms with Gasteiger partial charge in [0, 0.05) is 9.52 Å². The van der Waals surface area contributed by atoms with Crippen LogP contribution in [0, 0.1) is 0 Å². The van der Waals surface area contributed by atoms with Gasteiger partial charge in [-0.25, -0.2) is 12.1 Å². The Kier molecular flexibility index (Phi) is 22.5. The third-order valence-electron chi connectivity index (χ3n) is 2.54. The molecule has 0 aliphatic rings. The summed E-state index contributed by atoms with van der Waals surface area (Å²) in [7, 11) is 0.750. The van der Waals surface area contributed by atoms with Crippen LogP contribution in [0.25, 0.3) is 0 Å². The zero-order valence-electron chi connectivity index (χ0n) is 14.3. The summed E-state index contributed by atoms with van der Waals surface area (Å²) < 4.78 is 19.6. The van der Waals surface area contributed by atoms with Crippen molar-refractivity contribution >= 4 is 9.52 Å². The Morgan fingerprint density at radius 1 is 0.909 bits per heavy atom. The maximum atomic E-state index is 9.80. The van der Waals surface area contributed by atoms with Crippen molar-refractivity contribution in [1.82, 2.24) is 0 Å². The SMILES string of the molecule is CCCc1cc[cH-]c1.CCCc1cc[cH-]c1.C[SiH]C.[F][Zr+2][F]. The Morgan fingerprint density at radius 3 is 1.41 bits per heavy atom. The van der Waals surface area contributed by atoms with E-state index in [-0.39, 0.29) is 0 Å². The molecule has 22 heavy (non-hydrogen) atoms. The Labute approximate surface area is 151 Å². The predicted octanol–water partition coefficient (Wildman–Crippen LogP) is 6.07. The fourth-order valence-electron chi connectivity index (χ4n) is 1.74. The second kappa shape index (κ2) is 20.7.